The average Bonchev–Trinajstić information content (AvgIpc) is 3.16. The highest BCUT2D eigenvalue weighted by Gasteiger charge is 2.18. The zero-order valence-corrected chi connectivity index (χ0v) is 18.2. The molecule has 11 heteroatoms. The van der Waals surface area contributed by atoms with Crippen molar-refractivity contribution in [1.82, 2.24) is 10.3 Å². The van der Waals surface area contributed by atoms with Crippen LogP contribution in [-0.4, -0.2) is 39.6 Å². The van der Waals surface area contributed by atoms with Crippen molar-refractivity contribution < 1.29 is 22.7 Å². The fourth-order valence-corrected chi connectivity index (χ4v) is 4.92. The van der Waals surface area contributed by atoms with Crippen LogP contribution in [0.25, 0.3) is 0 Å². The first-order valence-electron chi connectivity index (χ1n) is 8.67. The van der Waals surface area contributed by atoms with Crippen molar-refractivity contribution in [2.45, 2.75) is 4.21 Å². The number of carbonyl (C=O) groups excluding carboxylic acids is 1. The molecular weight excluding hydrogens is 450 g/mol. The van der Waals surface area contributed by atoms with Gasteiger partial charge in [-0.1, -0.05) is 17.7 Å². The van der Waals surface area contributed by atoms with Gasteiger partial charge in [0.25, 0.3) is 15.9 Å². The van der Waals surface area contributed by atoms with E-state index in [9.17, 15) is 13.2 Å². The van der Waals surface area contributed by atoms with Crippen molar-refractivity contribution >= 4 is 44.6 Å². The molecule has 8 nitrogen and oxygen atoms in total. The van der Waals surface area contributed by atoms with E-state index in [1.807, 2.05) is 0 Å². The Bertz CT molecular complexity index is 1130. The largest absolute Gasteiger partial charge is 0.438 e. The van der Waals surface area contributed by atoms with Crippen molar-refractivity contribution in [1.29, 1.82) is 0 Å². The maximum Gasteiger partial charge on any atom is 0.271 e. The van der Waals surface area contributed by atoms with Gasteiger partial charge in [-0.3, -0.25) is 9.52 Å². The number of aromatic nitrogens is 1. The first-order valence-corrected chi connectivity index (χ1v) is 11.3. The van der Waals surface area contributed by atoms with Crippen molar-refractivity contribution in [2.75, 3.05) is 25.0 Å². The van der Waals surface area contributed by atoms with Gasteiger partial charge >= 0.3 is 0 Å². The Hall–Kier alpha value is -2.66. The highest BCUT2D eigenvalue weighted by molar-refractivity contribution is 7.94. The normalized spacial score (nSPS) is 11.1. The van der Waals surface area contributed by atoms with Gasteiger partial charge in [0, 0.05) is 25.9 Å². The number of ether oxygens (including phenoxy) is 2. The molecule has 0 fully saturated rings. The summed E-state index contributed by atoms with van der Waals surface area (Å²) < 4.78 is 38.6. The molecule has 1 aromatic carbocycles. The highest BCUT2D eigenvalue weighted by Crippen LogP contribution is 2.29. The molecule has 3 aromatic rings. The first kappa shape index (κ1) is 22.0. The van der Waals surface area contributed by atoms with E-state index in [4.69, 9.17) is 21.1 Å². The Kier molecular flexibility index (Phi) is 7.27. The number of halogens is 1. The van der Waals surface area contributed by atoms with Crippen LogP contribution < -0.4 is 14.8 Å². The number of benzene rings is 1. The molecule has 2 aromatic heterocycles. The molecule has 1 amide bonds. The van der Waals surface area contributed by atoms with Crippen molar-refractivity contribution in [3.8, 4) is 11.6 Å². The minimum Gasteiger partial charge on any atom is -0.438 e. The number of nitrogens with one attached hydrogen (secondary N) is 2. The second-order valence-electron chi connectivity index (χ2n) is 5.90. The van der Waals surface area contributed by atoms with E-state index < -0.39 is 10.0 Å². The second-order valence-corrected chi connectivity index (χ2v) is 9.52. The molecule has 0 aliphatic heterocycles. The Morgan fingerprint density at radius 3 is 2.77 bits per heavy atom. The molecule has 2 N–H and O–H groups in total. The Balaban J connectivity index is 1.77. The SMILES string of the molecule is COCCNC(=O)c1cccnc1Oc1cccc(NS(=O)(=O)c2ccc(Cl)s2)c1. The Labute approximate surface area is 182 Å². The molecular formula is C19H18ClN3O5S2. The third-order valence-corrected chi connectivity index (χ3v) is 6.83. The van der Waals surface area contributed by atoms with Gasteiger partial charge in [0.2, 0.25) is 5.88 Å². The van der Waals surface area contributed by atoms with Crippen LogP contribution in [0.5, 0.6) is 11.6 Å². The molecule has 0 spiro atoms. The zero-order valence-electron chi connectivity index (χ0n) is 15.8. The number of nitrogens with zero attached hydrogens (tertiary/aromatic N) is 1. The first-order chi connectivity index (χ1) is 14.4. The number of hydrogen-bond acceptors (Lipinski definition) is 7. The molecule has 0 aliphatic carbocycles. The van der Waals surface area contributed by atoms with Crippen LogP contribution in [0.1, 0.15) is 10.4 Å². The van der Waals surface area contributed by atoms with Gasteiger partial charge in [0.05, 0.1) is 16.6 Å². The quantitative estimate of drug-likeness (QED) is 0.464. The summed E-state index contributed by atoms with van der Waals surface area (Å²) in [6, 6.07) is 12.5. The molecule has 2 heterocycles. The van der Waals surface area contributed by atoms with Crippen molar-refractivity contribution in [3.63, 3.8) is 0 Å². The number of amides is 1. The lowest BCUT2D eigenvalue weighted by molar-refractivity contribution is 0.0934. The Morgan fingerprint density at radius 2 is 2.03 bits per heavy atom. The molecule has 0 saturated carbocycles. The van der Waals surface area contributed by atoms with Crippen molar-refractivity contribution in [2.24, 2.45) is 0 Å². The summed E-state index contributed by atoms with van der Waals surface area (Å²) in [5.41, 5.74) is 0.534. The van der Waals surface area contributed by atoms with Gasteiger partial charge in [-0.15, -0.1) is 11.3 Å². The minimum atomic E-state index is -3.78. The lowest BCUT2D eigenvalue weighted by atomic mass is 10.2. The molecule has 0 aliphatic rings. The summed E-state index contributed by atoms with van der Waals surface area (Å²) in [6.45, 7) is 0.716. The predicted molar refractivity (Wildman–Crippen MR) is 115 cm³/mol. The summed E-state index contributed by atoms with van der Waals surface area (Å²) in [6.07, 6.45) is 1.49. The maximum absolute atomic E-state index is 12.5. The van der Waals surface area contributed by atoms with Gasteiger partial charge < -0.3 is 14.8 Å². The van der Waals surface area contributed by atoms with Crippen LogP contribution in [0.2, 0.25) is 4.34 Å². The monoisotopic (exact) mass is 467 g/mol. The molecule has 0 radical (unpaired) electrons. The third-order valence-electron chi connectivity index (χ3n) is 3.72. The van der Waals surface area contributed by atoms with E-state index in [0.717, 1.165) is 11.3 Å². The van der Waals surface area contributed by atoms with Crippen LogP contribution in [0.3, 0.4) is 0 Å². The zero-order chi connectivity index (χ0) is 21.6. The fraction of sp³-hybridized carbons (Fsp3) is 0.158. The number of methoxy groups -OCH3 is 1. The summed E-state index contributed by atoms with van der Waals surface area (Å²) in [4.78, 5) is 16.5. The van der Waals surface area contributed by atoms with Crippen LogP contribution in [0, 0.1) is 0 Å². The standard InChI is InChI=1S/C19H18ClN3O5S2/c1-27-11-10-21-18(24)15-6-3-9-22-19(15)28-14-5-2-4-13(12-14)23-30(25,26)17-8-7-16(20)29-17/h2-9,12,23H,10-11H2,1H3,(H,21,24). The molecule has 0 bridgehead atoms. The van der Waals surface area contributed by atoms with Gasteiger partial charge in [-0.05, 0) is 36.4 Å². The van der Waals surface area contributed by atoms with E-state index in [-0.39, 0.29) is 21.6 Å². The molecule has 3 rings (SSSR count). The van der Waals surface area contributed by atoms with E-state index >= 15 is 0 Å². The van der Waals surface area contributed by atoms with E-state index in [1.54, 1.807) is 37.4 Å². The summed E-state index contributed by atoms with van der Waals surface area (Å²) in [5, 5.41) is 2.70. The van der Waals surface area contributed by atoms with Crippen LogP contribution >= 0.6 is 22.9 Å². The maximum atomic E-state index is 12.5. The lowest BCUT2D eigenvalue weighted by Gasteiger charge is -2.12. The number of pyridine rings is 1. The average molecular weight is 468 g/mol. The topological polar surface area (TPSA) is 107 Å². The van der Waals surface area contributed by atoms with E-state index in [1.165, 1.54) is 24.4 Å². The number of sulfonamides is 1. The highest BCUT2D eigenvalue weighted by atomic mass is 35.5. The smallest absolute Gasteiger partial charge is 0.271 e. The minimum absolute atomic E-state index is 0.0949. The Morgan fingerprint density at radius 1 is 1.20 bits per heavy atom. The fourth-order valence-electron chi connectivity index (χ4n) is 2.39. The van der Waals surface area contributed by atoms with Crippen LogP contribution in [0.4, 0.5) is 5.69 Å². The molecule has 0 unspecified atom stereocenters. The molecule has 30 heavy (non-hydrogen) atoms. The third kappa shape index (κ3) is 5.70. The summed E-state index contributed by atoms with van der Waals surface area (Å²) in [5.74, 6) is 0.0445. The number of hydrogen-bond donors (Lipinski definition) is 2. The number of rotatable bonds is 9. The van der Waals surface area contributed by atoms with Crippen LogP contribution in [-0.2, 0) is 14.8 Å². The van der Waals surface area contributed by atoms with Gasteiger partial charge in [0.1, 0.15) is 15.5 Å². The van der Waals surface area contributed by atoms with Gasteiger partial charge in [-0.2, -0.15) is 0 Å². The lowest BCUT2D eigenvalue weighted by Crippen LogP contribution is -2.27. The van der Waals surface area contributed by atoms with E-state index in [2.05, 4.69) is 15.0 Å². The molecule has 0 atom stereocenters. The van der Waals surface area contributed by atoms with Gasteiger partial charge in [0.15, 0.2) is 0 Å². The molecule has 0 saturated heterocycles. The predicted octanol–water partition coefficient (Wildman–Crippen LogP) is 3.77. The van der Waals surface area contributed by atoms with E-state index in [0.29, 0.717) is 28.9 Å². The summed E-state index contributed by atoms with van der Waals surface area (Å²) >= 11 is 6.78. The summed E-state index contributed by atoms with van der Waals surface area (Å²) in [7, 11) is -2.24. The van der Waals surface area contributed by atoms with Gasteiger partial charge in [-0.25, -0.2) is 13.4 Å². The molecule has 158 valence electrons. The van der Waals surface area contributed by atoms with Crippen LogP contribution in [0.15, 0.2) is 58.9 Å². The number of thiophene rings is 1. The number of anilines is 1. The number of carbonyl (C=O) groups is 1. The van der Waals surface area contributed by atoms with Crippen molar-refractivity contribution in [3.05, 3.63) is 64.6 Å². The second kappa shape index (κ2) is 9.90.